The monoisotopic (exact) mass is 301 g/mol. The van der Waals surface area contributed by atoms with Crippen molar-refractivity contribution in [3.8, 4) is 22.6 Å². The van der Waals surface area contributed by atoms with Crippen molar-refractivity contribution >= 4 is 12.3 Å². The molecule has 22 heavy (non-hydrogen) atoms. The fraction of sp³-hybridized carbons (Fsp3) is 0.250. The Bertz CT molecular complexity index is 775. The molecule has 3 rings (SSSR count). The van der Waals surface area contributed by atoms with Gasteiger partial charge < -0.3 is 18.8 Å². The zero-order valence-electron chi connectivity index (χ0n) is 12.5. The number of carbonyl (C=O) groups is 2. The fourth-order valence-corrected chi connectivity index (χ4v) is 2.66. The Morgan fingerprint density at radius 3 is 2.73 bits per heavy atom. The molecule has 6 heteroatoms. The highest BCUT2D eigenvalue weighted by atomic mass is 16.7. The number of fused-ring (bicyclic) bond motifs is 1. The van der Waals surface area contributed by atoms with Gasteiger partial charge in [-0.25, -0.2) is 4.79 Å². The first-order chi connectivity index (χ1) is 10.6. The number of rotatable bonds is 3. The maximum atomic E-state index is 12.1. The average molecular weight is 301 g/mol. The van der Waals surface area contributed by atoms with Gasteiger partial charge in [0, 0.05) is 18.3 Å². The lowest BCUT2D eigenvalue weighted by atomic mass is 10.00. The SMILES string of the molecule is COC(=O)c1c(-c2ccc3c(c2)OCO3)c(C=O)n(C)c1C. The van der Waals surface area contributed by atoms with Gasteiger partial charge in [0.05, 0.1) is 18.4 Å². The topological polar surface area (TPSA) is 66.8 Å². The predicted octanol–water partition coefficient (Wildman–Crippen LogP) is 2.33. The van der Waals surface area contributed by atoms with E-state index < -0.39 is 5.97 Å². The van der Waals surface area contributed by atoms with Crippen LogP contribution < -0.4 is 9.47 Å². The van der Waals surface area contributed by atoms with Crippen LogP contribution in [0.3, 0.4) is 0 Å². The lowest BCUT2D eigenvalue weighted by Crippen LogP contribution is -2.04. The molecular weight excluding hydrogens is 286 g/mol. The molecule has 114 valence electrons. The third kappa shape index (κ3) is 1.95. The number of benzene rings is 1. The molecular formula is C16H15NO5. The fourth-order valence-electron chi connectivity index (χ4n) is 2.66. The van der Waals surface area contributed by atoms with Crippen LogP contribution in [0.5, 0.6) is 11.5 Å². The first-order valence-corrected chi connectivity index (χ1v) is 6.71. The molecule has 0 atom stereocenters. The van der Waals surface area contributed by atoms with E-state index in [2.05, 4.69) is 0 Å². The molecule has 1 aromatic heterocycles. The molecule has 0 radical (unpaired) electrons. The number of aldehydes is 1. The smallest absolute Gasteiger partial charge is 0.340 e. The molecule has 0 unspecified atom stereocenters. The van der Waals surface area contributed by atoms with E-state index in [9.17, 15) is 9.59 Å². The van der Waals surface area contributed by atoms with Crippen LogP contribution in [0.25, 0.3) is 11.1 Å². The first-order valence-electron chi connectivity index (χ1n) is 6.71. The lowest BCUT2D eigenvalue weighted by molar-refractivity contribution is 0.0600. The maximum Gasteiger partial charge on any atom is 0.340 e. The minimum Gasteiger partial charge on any atom is -0.465 e. The van der Waals surface area contributed by atoms with Crippen molar-refractivity contribution in [3.63, 3.8) is 0 Å². The summed E-state index contributed by atoms with van der Waals surface area (Å²) in [5, 5.41) is 0. The number of carbonyl (C=O) groups excluding carboxylic acids is 2. The number of ether oxygens (including phenoxy) is 3. The Morgan fingerprint density at radius 2 is 2.05 bits per heavy atom. The van der Waals surface area contributed by atoms with Crippen LogP contribution >= 0.6 is 0 Å². The molecule has 6 nitrogen and oxygen atoms in total. The lowest BCUT2D eigenvalue weighted by Gasteiger charge is -2.06. The third-order valence-corrected chi connectivity index (χ3v) is 3.89. The summed E-state index contributed by atoms with van der Waals surface area (Å²) < 4.78 is 17.2. The largest absolute Gasteiger partial charge is 0.465 e. The second kappa shape index (κ2) is 5.22. The Balaban J connectivity index is 2.27. The van der Waals surface area contributed by atoms with Crippen LogP contribution in [0.2, 0.25) is 0 Å². The predicted molar refractivity (Wildman–Crippen MR) is 78.4 cm³/mol. The van der Waals surface area contributed by atoms with Gasteiger partial charge in [0.15, 0.2) is 17.8 Å². The average Bonchev–Trinajstić information content (AvgIpc) is 3.09. The summed E-state index contributed by atoms with van der Waals surface area (Å²) in [6.07, 6.45) is 0.735. The van der Waals surface area contributed by atoms with Gasteiger partial charge in [-0.15, -0.1) is 0 Å². The molecule has 0 saturated carbocycles. The van der Waals surface area contributed by atoms with Crippen LogP contribution in [0.1, 0.15) is 26.5 Å². The Labute approximate surface area is 127 Å². The number of aromatic nitrogens is 1. The van der Waals surface area contributed by atoms with Crippen LogP contribution in [-0.4, -0.2) is 30.7 Å². The van der Waals surface area contributed by atoms with E-state index in [-0.39, 0.29) is 6.79 Å². The summed E-state index contributed by atoms with van der Waals surface area (Å²) in [5.41, 5.74) is 2.71. The van der Waals surface area contributed by atoms with Gasteiger partial charge in [0.2, 0.25) is 6.79 Å². The van der Waals surface area contributed by atoms with Gasteiger partial charge in [0.1, 0.15) is 0 Å². The molecule has 1 aliphatic rings. The van der Waals surface area contributed by atoms with Gasteiger partial charge in [-0.1, -0.05) is 6.07 Å². The summed E-state index contributed by atoms with van der Waals surface area (Å²) in [4.78, 5) is 23.6. The molecule has 2 heterocycles. The van der Waals surface area contributed by atoms with E-state index in [1.807, 2.05) is 0 Å². The Hall–Kier alpha value is -2.76. The molecule has 2 aromatic rings. The summed E-state index contributed by atoms with van der Waals surface area (Å²) in [6, 6.07) is 5.31. The number of hydrogen-bond acceptors (Lipinski definition) is 5. The van der Waals surface area contributed by atoms with Crippen molar-refractivity contribution in [2.24, 2.45) is 7.05 Å². The Morgan fingerprint density at radius 1 is 1.32 bits per heavy atom. The van der Waals surface area contributed by atoms with Crippen LogP contribution in [0.4, 0.5) is 0 Å². The second-order valence-electron chi connectivity index (χ2n) is 4.96. The highest BCUT2D eigenvalue weighted by molar-refractivity contribution is 6.04. The molecule has 1 aliphatic heterocycles. The summed E-state index contributed by atoms with van der Waals surface area (Å²) >= 11 is 0. The van der Waals surface area contributed by atoms with Crippen LogP contribution in [-0.2, 0) is 11.8 Å². The van der Waals surface area contributed by atoms with Gasteiger partial charge in [-0.05, 0) is 24.6 Å². The molecule has 0 N–H and O–H groups in total. The number of hydrogen-bond donors (Lipinski definition) is 0. The van der Waals surface area contributed by atoms with Crippen molar-refractivity contribution in [2.45, 2.75) is 6.92 Å². The van der Waals surface area contributed by atoms with Gasteiger partial charge in [-0.2, -0.15) is 0 Å². The first kappa shape index (κ1) is 14.2. The highest BCUT2D eigenvalue weighted by Gasteiger charge is 2.26. The maximum absolute atomic E-state index is 12.1. The standard InChI is InChI=1S/C16H15NO5/c1-9-14(16(19)20-3)15(11(7-18)17(9)2)10-4-5-12-13(6-10)22-8-21-12/h4-7H,8H2,1-3H3. The number of nitrogens with zero attached hydrogens (tertiary/aromatic N) is 1. The minimum atomic E-state index is -0.478. The normalized spacial score (nSPS) is 12.3. The minimum absolute atomic E-state index is 0.164. The van der Waals surface area contributed by atoms with Crippen LogP contribution in [0, 0.1) is 6.92 Å². The summed E-state index contributed by atoms with van der Waals surface area (Å²) in [7, 11) is 3.06. The van der Waals surface area contributed by atoms with E-state index in [1.54, 1.807) is 36.7 Å². The molecule has 0 amide bonds. The van der Waals surface area contributed by atoms with Crippen LogP contribution in [0.15, 0.2) is 18.2 Å². The van der Waals surface area contributed by atoms with Gasteiger partial charge >= 0.3 is 5.97 Å². The zero-order valence-corrected chi connectivity index (χ0v) is 12.5. The van der Waals surface area contributed by atoms with E-state index in [0.29, 0.717) is 39.6 Å². The van der Waals surface area contributed by atoms with Gasteiger partial charge in [-0.3, -0.25) is 4.79 Å². The molecule has 0 fully saturated rings. The molecule has 0 aliphatic carbocycles. The second-order valence-corrected chi connectivity index (χ2v) is 4.96. The quantitative estimate of drug-likeness (QED) is 0.643. The summed E-state index contributed by atoms with van der Waals surface area (Å²) in [5.74, 6) is 0.754. The Kier molecular flexibility index (Phi) is 3.36. The van der Waals surface area contributed by atoms with Crippen molar-refractivity contribution in [2.75, 3.05) is 13.9 Å². The van der Waals surface area contributed by atoms with Crippen molar-refractivity contribution in [1.82, 2.24) is 4.57 Å². The third-order valence-electron chi connectivity index (χ3n) is 3.89. The molecule has 0 saturated heterocycles. The van der Waals surface area contributed by atoms with Crippen molar-refractivity contribution < 1.29 is 23.8 Å². The molecule has 1 aromatic carbocycles. The molecule has 0 spiro atoms. The van der Waals surface area contributed by atoms with E-state index in [0.717, 1.165) is 6.29 Å². The van der Waals surface area contributed by atoms with Crippen molar-refractivity contribution in [3.05, 3.63) is 35.2 Å². The zero-order chi connectivity index (χ0) is 15.9. The van der Waals surface area contributed by atoms with E-state index in [4.69, 9.17) is 14.2 Å². The summed E-state index contributed by atoms with van der Waals surface area (Å²) in [6.45, 7) is 1.94. The van der Waals surface area contributed by atoms with Crippen molar-refractivity contribution in [1.29, 1.82) is 0 Å². The number of methoxy groups -OCH3 is 1. The van der Waals surface area contributed by atoms with E-state index >= 15 is 0 Å². The highest BCUT2D eigenvalue weighted by Crippen LogP contribution is 2.39. The number of esters is 1. The van der Waals surface area contributed by atoms with Gasteiger partial charge in [0.25, 0.3) is 0 Å². The van der Waals surface area contributed by atoms with E-state index in [1.165, 1.54) is 7.11 Å². The molecule has 0 bridgehead atoms.